The number of carbonyl (C=O) groups excluding carboxylic acids is 4. The third-order valence-electron chi connectivity index (χ3n) is 3.48. The molecule has 9 heteroatoms. The Balaban J connectivity index is 4.86. The van der Waals surface area contributed by atoms with Crippen molar-refractivity contribution in [2.24, 2.45) is 5.92 Å². The first-order chi connectivity index (χ1) is 12.4. The van der Waals surface area contributed by atoms with Crippen molar-refractivity contribution in [1.29, 1.82) is 0 Å². The SMILES string of the molecule is C/C=C(\C)C(=O)OC(C)(C=O)NC(=O)OC(C)(C)OC(=O)C(C)CCSC. The Bertz CT molecular complexity index is 588. The number of thioether (sulfide) groups is 1. The Labute approximate surface area is 164 Å². The fourth-order valence-electron chi connectivity index (χ4n) is 1.70. The molecule has 0 rings (SSSR count). The molecule has 2 unspecified atom stereocenters. The smallest absolute Gasteiger partial charge is 0.413 e. The van der Waals surface area contributed by atoms with Crippen molar-refractivity contribution in [3.8, 4) is 0 Å². The van der Waals surface area contributed by atoms with E-state index in [0.29, 0.717) is 6.42 Å². The molecule has 0 saturated heterocycles. The normalized spacial score (nSPS) is 15.1. The molecule has 0 saturated carbocycles. The fraction of sp³-hybridized carbons (Fsp3) is 0.667. The number of hydrogen-bond donors (Lipinski definition) is 1. The lowest BCUT2D eigenvalue weighted by Gasteiger charge is -2.29. The van der Waals surface area contributed by atoms with Crippen LogP contribution in [0.25, 0.3) is 0 Å². The number of nitrogens with one attached hydrogen (secondary N) is 1. The Hall–Kier alpha value is -2.03. The summed E-state index contributed by atoms with van der Waals surface area (Å²) in [5, 5.41) is 2.15. The van der Waals surface area contributed by atoms with Crippen molar-refractivity contribution in [2.45, 2.75) is 59.5 Å². The molecular weight excluding hydrogens is 374 g/mol. The number of esters is 2. The van der Waals surface area contributed by atoms with Crippen molar-refractivity contribution in [2.75, 3.05) is 12.0 Å². The van der Waals surface area contributed by atoms with E-state index in [9.17, 15) is 19.2 Å². The molecule has 0 heterocycles. The molecule has 0 radical (unpaired) electrons. The molecule has 8 nitrogen and oxygen atoms in total. The Morgan fingerprint density at radius 3 is 2.22 bits per heavy atom. The summed E-state index contributed by atoms with van der Waals surface area (Å²) >= 11 is 1.61. The third-order valence-corrected chi connectivity index (χ3v) is 4.12. The van der Waals surface area contributed by atoms with Gasteiger partial charge in [0.25, 0.3) is 5.79 Å². The van der Waals surface area contributed by atoms with Crippen LogP contribution >= 0.6 is 11.8 Å². The van der Waals surface area contributed by atoms with Crippen LogP contribution in [0.3, 0.4) is 0 Å². The first-order valence-electron chi connectivity index (χ1n) is 8.45. The standard InChI is InChI=1S/C18H29NO7S/c1-8-12(2)14(21)25-18(6,11-20)19-16(23)26-17(4,5)24-15(22)13(3)9-10-27-7/h8,11,13H,9-10H2,1-7H3,(H,19,23)/b12-8+. The predicted molar refractivity (Wildman–Crippen MR) is 102 cm³/mol. The molecule has 1 amide bonds. The molecule has 1 N–H and O–H groups in total. The molecule has 0 spiro atoms. The van der Waals surface area contributed by atoms with Crippen molar-refractivity contribution < 1.29 is 33.4 Å². The number of ether oxygens (including phenoxy) is 3. The van der Waals surface area contributed by atoms with Crippen LogP contribution in [-0.4, -0.2) is 47.8 Å². The summed E-state index contributed by atoms with van der Waals surface area (Å²) in [6, 6.07) is 0. The van der Waals surface area contributed by atoms with Gasteiger partial charge < -0.3 is 14.2 Å². The van der Waals surface area contributed by atoms with Crippen LogP contribution in [0.1, 0.15) is 48.0 Å². The van der Waals surface area contributed by atoms with Gasteiger partial charge in [0, 0.05) is 26.3 Å². The summed E-state index contributed by atoms with van der Waals surface area (Å²) in [7, 11) is 0. The highest BCUT2D eigenvalue weighted by molar-refractivity contribution is 7.98. The maximum absolute atomic E-state index is 12.1. The first kappa shape index (κ1) is 25.0. The number of aldehydes is 1. The summed E-state index contributed by atoms with van der Waals surface area (Å²) in [4.78, 5) is 47.2. The average molecular weight is 403 g/mol. The summed E-state index contributed by atoms with van der Waals surface area (Å²) < 4.78 is 15.3. The average Bonchev–Trinajstić information content (AvgIpc) is 2.57. The number of alkyl carbamates (subject to hydrolysis) is 1. The number of rotatable bonds is 10. The summed E-state index contributed by atoms with van der Waals surface area (Å²) in [6.07, 6.45) is 3.26. The van der Waals surface area contributed by atoms with Crippen molar-refractivity contribution in [1.82, 2.24) is 5.32 Å². The minimum atomic E-state index is -1.93. The van der Waals surface area contributed by atoms with Gasteiger partial charge in [-0.15, -0.1) is 0 Å². The van der Waals surface area contributed by atoms with E-state index in [1.165, 1.54) is 33.8 Å². The van der Waals surface area contributed by atoms with E-state index in [2.05, 4.69) is 5.32 Å². The zero-order valence-corrected chi connectivity index (χ0v) is 17.7. The Kier molecular flexibility index (Phi) is 10.1. The maximum atomic E-state index is 12.1. The van der Waals surface area contributed by atoms with Gasteiger partial charge in [-0.25, -0.2) is 9.59 Å². The van der Waals surface area contributed by atoms with Crippen LogP contribution in [-0.2, 0) is 28.6 Å². The van der Waals surface area contributed by atoms with E-state index in [0.717, 1.165) is 5.75 Å². The summed E-state index contributed by atoms with van der Waals surface area (Å²) in [5.74, 6) is -2.39. The van der Waals surface area contributed by atoms with E-state index in [-0.39, 0.29) is 17.8 Å². The van der Waals surface area contributed by atoms with Gasteiger partial charge in [-0.2, -0.15) is 11.8 Å². The highest BCUT2D eigenvalue weighted by atomic mass is 32.2. The molecule has 154 valence electrons. The van der Waals surface area contributed by atoms with E-state index in [1.54, 1.807) is 25.6 Å². The molecule has 0 aromatic carbocycles. The third kappa shape index (κ3) is 9.46. The number of carbonyl (C=O) groups is 4. The van der Waals surface area contributed by atoms with Gasteiger partial charge in [-0.1, -0.05) is 13.0 Å². The molecule has 0 fully saturated rings. The Morgan fingerprint density at radius 1 is 1.15 bits per heavy atom. The Morgan fingerprint density at radius 2 is 1.74 bits per heavy atom. The minimum absolute atomic E-state index is 0.262. The van der Waals surface area contributed by atoms with Gasteiger partial charge in [0.15, 0.2) is 6.29 Å². The molecule has 0 bridgehead atoms. The maximum Gasteiger partial charge on any atom is 0.413 e. The number of amides is 1. The van der Waals surface area contributed by atoms with Crippen LogP contribution in [0, 0.1) is 5.92 Å². The van der Waals surface area contributed by atoms with Crippen LogP contribution < -0.4 is 5.32 Å². The summed E-state index contributed by atoms with van der Waals surface area (Å²) in [6.45, 7) is 8.84. The lowest BCUT2D eigenvalue weighted by atomic mass is 10.1. The van der Waals surface area contributed by atoms with Crippen LogP contribution in [0.4, 0.5) is 4.79 Å². The topological polar surface area (TPSA) is 108 Å². The highest BCUT2D eigenvalue weighted by Crippen LogP contribution is 2.18. The second-order valence-electron chi connectivity index (χ2n) is 6.60. The highest BCUT2D eigenvalue weighted by Gasteiger charge is 2.35. The van der Waals surface area contributed by atoms with Gasteiger partial charge in [0.05, 0.1) is 5.92 Å². The van der Waals surface area contributed by atoms with Crippen LogP contribution in [0.15, 0.2) is 11.6 Å². The largest absolute Gasteiger partial charge is 0.429 e. The van der Waals surface area contributed by atoms with E-state index >= 15 is 0 Å². The summed E-state index contributed by atoms with van der Waals surface area (Å²) in [5.41, 5.74) is -1.66. The van der Waals surface area contributed by atoms with Crippen molar-refractivity contribution in [3.63, 3.8) is 0 Å². The molecule has 0 aromatic rings. The molecular formula is C18H29NO7S. The molecule has 0 aliphatic rings. The van der Waals surface area contributed by atoms with Crippen LogP contribution in [0.5, 0.6) is 0 Å². The van der Waals surface area contributed by atoms with Crippen LogP contribution in [0.2, 0.25) is 0 Å². The van der Waals surface area contributed by atoms with Gasteiger partial charge in [0.1, 0.15) is 0 Å². The van der Waals surface area contributed by atoms with Crippen molar-refractivity contribution in [3.05, 3.63) is 11.6 Å². The van der Waals surface area contributed by atoms with Gasteiger partial charge in [0.2, 0.25) is 5.72 Å². The van der Waals surface area contributed by atoms with E-state index < -0.39 is 29.5 Å². The number of allylic oxidation sites excluding steroid dienone is 1. The minimum Gasteiger partial charge on any atom is -0.429 e. The first-order valence-corrected chi connectivity index (χ1v) is 9.84. The second kappa shape index (κ2) is 11.0. The van der Waals surface area contributed by atoms with Gasteiger partial charge >= 0.3 is 18.0 Å². The fourth-order valence-corrected chi connectivity index (χ4v) is 2.29. The molecule has 0 aliphatic heterocycles. The molecule has 0 aliphatic carbocycles. The van der Waals surface area contributed by atoms with Gasteiger partial charge in [-0.05, 0) is 32.3 Å². The van der Waals surface area contributed by atoms with E-state index in [1.807, 2.05) is 6.26 Å². The monoisotopic (exact) mass is 403 g/mol. The molecule has 2 atom stereocenters. The molecule has 0 aromatic heterocycles. The van der Waals surface area contributed by atoms with Crippen molar-refractivity contribution >= 4 is 36.1 Å². The van der Waals surface area contributed by atoms with E-state index in [4.69, 9.17) is 14.2 Å². The predicted octanol–water partition coefficient (Wildman–Crippen LogP) is 2.81. The zero-order valence-electron chi connectivity index (χ0n) is 16.9. The van der Waals surface area contributed by atoms with Gasteiger partial charge in [-0.3, -0.25) is 14.9 Å². The lowest BCUT2D eigenvalue weighted by molar-refractivity contribution is -0.200. The lowest BCUT2D eigenvalue weighted by Crippen LogP contribution is -2.53. The molecule has 27 heavy (non-hydrogen) atoms. The quantitative estimate of drug-likeness (QED) is 0.257. The zero-order chi connectivity index (χ0) is 21.3. The number of hydrogen-bond acceptors (Lipinski definition) is 8. The second-order valence-corrected chi connectivity index (χ2v) is 7.59.